The van der Waals surface area contributed by atoms with Crippen LogP contribution in [0.1, 0.15) is 43.5 Å². The van der Waals surface area contributed by atoms with Gasteiger partial charge >= 0.3 is 0 Å². The Morgan fingerprint density at radius 2 is 2.25 bits per heavy atom. The highest BCUT2D eigenvalue weighted by Crippen LogP contribution is 2.33. The van der Waals surface area contributed by atoms with Crippen LogP contribution in [-0.4, -0.2) is 16.7 Å². The lowest BCUT2D eigenvalue weighted by Gasteiger charge is -2.22. The lowest BCUT2D eigenvalue weighted by atomic mass is 9.94. The van der Waals surface area contributed by atoms with Crippen LogP contribution in [0.2, 0.25) is 0 Å². The van der Waals surface area contributed by atoms with E-state index < -0.39 is 0 Å². The van der Waals surface area contributed by atoms with E-state index in [9.17, 15) is 0 Å². The number of nitrogens with zero attached hydrogens (tertiary/aromatic N) is 2. The van der Waals surface area contributed by atoms with Gasteiger partial charge in [0.25, 0.3) is 0 Å². The monoisotopic (exact) mass is 335 g/mol. The van der Waals surface area contributed by atoms with E-state index in [1.54, 1.807) is 0 Å². The first-order chi connectivity index (χ1) is 9.73. The maximum absolute atomic E-state index is 5.52. The van der Waals surface area contributed by atoms with Crippen molar-refractivity contribution in [3.63, 3.8) is 0 Å². The number of hydrogen-bond acceptors (Lipinski definition) is 4. The van der Waals surface area contributed by atoms with E-state index in [0.29, 0.717) is 6.42 Å². The molecule has 1 aliphatic rings. The van der Waals surface area contributed by atoms with E-state index in [4.69, 9.17) is 4.52 Å². The first kappa shape index (κ1) is 13.8. The maximum atomic E-state index is 5.52. The van der Waals surface area contributed by atoms with E-state index in [1.165, 1.54) is 5.56 Å². The van der Waals surface area contributed by atoms with E-state index in [0.717, 1.165) is 42.0 Å². The normalized spacial score (nSPS) is 22.3. The third-order valence-electron chi connectivity index (χ3n) is 4.03. The zero-order valence-corrected chi connectivity index (χ0v) is 13.1. The predicted octanol–water partition coefficient (Wildman–Crippen LogP) is 3.41. The molecule has 0 aliphatic carbocycles. The molecule has 0 saturated carbocycles. The number of halogens is 1. The van der Waals surface area contributed by atoms with Crippen LogP contribution in [-0.2, 0) is 12.0 Å². The molecule has 1 unspecified atom stereocenters. The molecule has 2 aromatic rings. The average Bonchev–Trinajstić information content (AvgIpc) is 3.11. The van der Waals surface area contributed by atoms with E-state index >= 15 is 0 Å². The summed E-state index contributed by atoms with van der Waals surface area (Å²) in [6.07, 6.45) is 3.89. The zero-order chi connectivity index (χ0) is 14.0. The minimum Gasteiger partial charge on any atom is -0.337 e. The number of nitrogens with one attached hydrogen (secondary N) is 1. The highest BCUT2D eigenvalue weighted by atomic mass is 79.9. The topological polar surface area (TPSA) is 51.0 Å². The third kappa shape index (κ3) is 2.52. The molecule has 5 heteroatoms. The van der Waals surface area contributed by atoms with Crippen LogP contribution in [0, 0.1) is 0 Å². The van der Waals surface area contributed by atoms with Gasteiger partial charge in [-0.15, -0.1) is 0 Å². The Morgan fingerprint density at radius 1 is 1.40 bits per heavy atom. The van der Waals surface area contributed by atoms with Crippen molar-refractivity contribution in [1.82, 2.24) is 15.5 Å². The van der Waals surface area contributed by atoms with Gasteiger partial charge in [-0.3, -0.25) is 0 Å². The first-order valence-corrected chi connectivity index (χ1v) is 7.84. The van der Waals surface area contributed by atoms with Gasteiger partial charge in [-0.25, -0.2) is 0 Å². The van der Waals surface area contributed by atoms with Gasteiger partial charge in [-0.1, -0.05) is 46.2 Å². The molecule has 1 aromatic heterocycles. The average molecular weight is 336 g/mol. The summed E-state index contributed by atoms with van der Waals surface area (Å²) >= 11 is 3.55. The maximum Gasteiger partial charge on any atom is 0.246 e. The molecule has 1 fully saturated rings. The van der Waals surface area contributed by atoms with Crippen LogP contribution < -0.4 is 5.32 Å². The third-order valence-corrected chi connectivity index (χ3v) is 4.80. The largest absolute Gasteiger partial charge is 0.337 e. The summed E-state index contributed by atoms with van der Waals surface area (Å²) < 4.78 is 6.60. The molecule has 20 heavy (non-hydrogen) atoms. The van der Waals surface area contributed by atoms with E-state index in [1.807, 2.05) is 18.2 Å². The minimum atomic E-state index is -0.112. The van der Waals surface area contributed by atoms with Crippen LogP contribution in [0.5, 0.6) is 0 Å². The summed E-state index contributed by atoms with van der Waals surface area (Å²) in [6, 6.07) is 8.13. The van der Waals surface area contributed by atoms with Gasteiger partial charge in [0.1, 0.15) is 0 Å². The molecule has 2 heterocycles. The van der Waals surface area contributed by atoms with Crippen molar-refractivity contribution in [2.24, 2.45) is 0 Å². The highest BCUT2D eigenvalue weighted by Gasteiger charge is 2.38. The quantitative estimate of drug-likeness (QED) is 0.930. The van der Waals surface area contributed by atoms with Crippen LogP contribution >= 0.6 is 15.9 Å². The van der Waals surface area contributed by atoms with Gasteiger partial charge in [0.2, 0.25) is 5.89 Å². The highest BCUT2D eigenvalue weighted by molar-refractivity contribution is 9.10. The molecular formula is C15H18BrN3O. The molecule has 1 atom stereocenters. The van der Waals surface area contributed by atoms with Gasteiger partial charge in [-0.05, 0) is 37.4 Å². The van der Waals surface area contributed by atoms with Crippen LogP contribution in [0.3, 0.4) is 0 Å². The summed E-state index contributed by atoms with van der Waals surface area (Å²) in [5, 5.41) is 7.66. The van der Waals surface area contributed by atoms with Gasteiger partial charge in [-0.2, -0.15) is 4.98 Å². The Bertz CT molecular complexity index is 590. The molecule has 4 nitrogen and oxygen atoms in total. The Labute approximate surface area is 127 Å². The molecule has 1 aliphatic heterocycles. The van der Waals surface area contributed by atoms with Gasteiger partial charge in [0, 0.05) is 10.9 Å². The predicted molar refractivity (Wildman–Crippen MR) is 80.5 cm³/mol. The Kier molecular flexibility index (Phi) is 3.89. The van der Waals surface area contributed by atoms with Crippen molar-refractivity contribution in [1.29, 1.82) is 0 Å². The molecule has 0 bridgehead atoms. The van der Waals surface area contributed by atoms with Crippen molar-refractivity contribution in [2.75, 3.05) is 6.54 Å². The summed E-state index contributed by atoms with van der Waals surface area (Å²) in [7, 11) is 0. The second-order valence-corrected chi connectivity index (χ2v) is 6.10. The summed E-state index contributed by atoms with van der Waals surface area (Å²) in [6.45, 7) is 3.19. The van der Waals surface area contributed by atoms with Gasteiger partial charge < -0.3 is 9.84 Å². The standard InChI is InChI=1S/C15H18BrN3O/c1-2-15(8-5-9-17-15)14-18-13(19-20-14)10-11-6-3-4-7-12(11)16/h3-4,6-7,17H,2,5,8-10H2,1H3. The van der Waals surface area contributed by atoms with E-state index in [-0.39, 0.29) is 5.54 Å². The molecule has 0 spiro atoms. The minimum absolute atomic E-state index is 0.112. The number of benzene rings is 1. The van der Waals surface area contributed by atoms with Crippen molar-refractivity contribution in [2.45, 2.75) is 38.1 Å². The second-order valence-electron chi connectivity index (χ2n) is 5.25. The Morgan fingerprint density at radius 3 is 2.95 bits per heavy atom. The second kappa shape index (κ2) is 5.66. The summed E-state index contributed by atoms with van der Waals surface area (Å²) in [4.78, 5) is 4.61. The lowest BCUT2D eigenvalue weighted by Crippen LogP contribution is -2.36. The van der Waals surface area contributed by atoms with Crippen molar-refractivity contribution in [3.05, 3.63) is 46.0 Å². The summed E-state index contributed by atoms with van der Waals surface area (Å²) in [5.41, 5.74) is 1.06. The van der Waals surface area contributed by atoms with Crippen LogP contribution in [0.4, 0.5) is 0 Å². The molecule has 0 radical (unpaired) electrons. The molecule has 106 valence electrons. The fourth-order valence-corrected chi connectivity index (χ4v) is 3.20. The Hall–Kier alpha value is -1.20. The first-order valence-electron chi connectivity index (χ1n) is 7.05. The van der Waals surface area contributed by atoms with Crippen LogP contribution in [0.15, 0.2) is 33.3 Å². The number of aromatic nitrogens is 2. The molecule has 1 N–H and O–H groups in total. The fourth-order valence-electron chi connectivity index (χ4n) is 2.77. The molecule has 1 aromatic carbocycles. The van der Waals surface area contributed by atoms with Gasteiger partial charge in [0.05, 0.1) is 5.54 Å². The Balaban J connectivity index is 1.82. The molecule has 3 rings (SSSR count). The fraction of sp³-hybridized carbons (Fsp3) is 0.467. The zero-order valence-electron chi connectivity index (χ0n) is 11.5. The van der Waals surface area contributed by atoms with Crippen molar-refractivity contribution >= 4 is 15.9 Å². The lowest BCUT2D eigenvalue weighted by molar-refractivity contribution is 0.249. The van der Waals surface area contributed by atoms with Crippen molar-refractivity contribution < 1.29 is 4.52 Å². The number of rotatable bonds is 4. The van der Waals surface area contributed by atoms with Gasteiger partial charge in [0.15, 0.2) is 5.82 Å². The molecular weight excluding hydrogens is 318 g/mol. The molecule has 1 saturated heterocycles. The van der Waals surface area contributed by atoms with Crippen LogP contribution in [0.25, 0.3) is 0 Å². The summed E-state index contributed by atoms with van der Waals surface area (Å²) in [5.74, 6) is 1.48. The smallest absolute Gasteiger partial charge is 0.246 e. The molecule has 0 amide bonds. The van der Waals surface area contributed by atoms with E-state index in [2.05, 4.69) is 44.4 Å². The van der Waals surface area contributed by atoms with Crippen molar-refractivity contribution in [3.8, 4) is 0 Å². The number of hydrogen-bond donors (Lipinski definition) is 1. The SMILES string of the molecule is CCC1(c2nc(Cc3ccccc3Br)no2)CCCN1.